The number of carboxylic acids is 1. The lowest BCUT2D eigenvalue weighted by Gasteiger charge is -2.34. The van der Waals surface area contributed by atoms with E-state index < -0.39 is 66.3 Å². The summed E-state index contributed by atoms with van der Waals surface area (Å²) in [6, 6.07) is -0.473. The summed E-state index contributed by atoms with van der Waals surface area (Å²) in [7, 11) is -1.77. The van der Waals surface area contributed by atoms with E-state index in [2.05, 4.69) is 10.6 Å². The van der Waals surface area contributed by atoms with Crippen molar-refractivity contribution in [2.45, 2.75) is 44.8 Å². The van der Waals surface area contributed by atoms with Gasteiger partial charge < -0.3 is 35.4 Å². The largest absolute Gasteiger partial charge is 0.547 e. The Morgan fingerprint density at radius 1 is 1.25 bits per heavy atom. The van der Waals surface area contributed by atoms with Gasteiger partial charge in [0.2, 0.25) is 5.91 Å². The van der Waals surface area contributed by atoms with Crippen LogP contribution in [0.5, 0.6) is 5.75 Å². The number of aliphatic hydroxyl groups excluding tert-OH is 1. The lowest BCUT2D eigenvalue weighted by atomic mass is 9.72. The zero-order valence-corrected chi connectivity index (χ0v) is 19.6. The number of fused-ring (bicyclic) bond motifs is 1. The van der Waals surface area contributed by atoms with Gasteiger partial charge in [-0.25, -0.2) is 14.0 Å². The van der Waals surface area contributed by atoms with Gasteiger partial charge in [0.05, 0.1) is 12.0 Å². The third kappa shape index (κ3) is 5.41. The maximum atomic E-state index is 13.9. The zero-order valence-electron chi connectivity index (χ0n) is 19.6. The number of hydrogen-bond acceptors (Lipinski definition) is 8. The molecular formula is C21H26BFN4O9. The number of aliphatic hydroxyl groups is 1. The summed E-state index contributed by atoms with van der Waals surface area (Å²) < 4.78 is 19.1. The topological polar surface area (TPSA) is 186 Å². The second-order valence-electron chi connectivity index (χ2n) is 8.46. The molecule has 0 bridgehead atoms. The van der Waals surface area contributed by atoms with Crippen LogP contribution in [0.4, 0.5) is 9.18 Å². The molecule has 5 N–H and O–H groups in total. The zero-order chi connectivity index (χ0) is 26.7. The average molecular weight is 508 g/mol. The van der Waals surface area contributed by atoms with E-state index in [1.54, 1.807) is 0 Å². The van der Waals surface area contributed by atoms with Gasteiger partial charge in [-0.15, -0.1) is 0 Å². The van der Waals surface area contributed by atoms with E-state index in [0.29, 0.717) is 17.9 Å². The Hall–Kier alpha value is -3.72. The van der Waals surface area contributed by atoms with Crippen LogP contribution in [0.3, 0.4) is 0 Å². The van der Waals surface area contributed by atoms with Crippen molar-refractivity contribution in [3.63, 3.8) is 0 Å². The average Bonchev–Trinajstić information content (AvgIpc) is 2.80. The number of urea groups is 1. The van der Waals surface area contributed by atoms with Crippen LogP contribution < -0.4 is 15.3 Å². The Labute approximate surface area is 205 Å². The molecular weight excluding hydrogens is 482 g/mol. The minimum Gasteiger partial charge on any atom is -0.534 e. The highest BCUT2D eigenvalue weighted by atomic mass is 19.1. The second-order valence-corrected chi connectivity index (χ2v) is 8.46. The van der Waals surface area contributed by atoms with Gasteiger partial charge in [0.25, 0.3) is 0 Å². The van der Waals surface area contributed by atoms with Gasteiger partial charge in [-0.2, -0.15) is 0 Å². The Morgan fingerprint density at radius 3 is 2.56 bits per heavy atom. The van der Waals surface area contributed by atoms with E-state index in [1.165, 1.54) is 17.9 Å². The molecule has 2 aliphatic heterocycles. The molecule has 15 heteroatoms. The number of carbonyl (C=O) groups is 5. The van der Waals surface area contributed by atoms with E-state index in [9.17, 15) is 43.6 Å². The van der Waals surface area contributed by atoms with Crippen molar-refractivity contribution in [3.05, 3.63) is 29.1 Å². The number of amides is 5. The molecule has 2 aliphatic rings. The molecule has 2 heterocycles. The Kier molecular flexibility index (Phi) is 8.15. The van der Waals surface area contributed by atoms with Crippen LogP contribution in [0.1, 0.15) is 36.2 Å². The van der Waals surface area contributed by atoms with Crippen LogP contribution in [-0.2, 0) is 20.8 Å². The second kappa shape index (κ2) is 10.9. The van der Waals surface area contributed by atoms with Gasteiger partial charge in [-0.05, 0) is 31.4 Å². The lowest BCUT2D eigenvalue weighted by Crippen LogP contribution is -2.63. The van der Waals surface area contributed by atoms with Crippen molar-refractivity contribution in [1.82, 2.24) is 20.4 Å². The Balaban J connectivity index is 1.70. The summed E-state index contributed by atoms with van der Waals surface area (Å²) in [5, 5.41) is 34.2. The number of benzene rings is 1. The molecule has 36 heavy (non-hydrogen) atoms. The molecule has 1 aromatic rings. The number of nitrogens with zero attached hydrogens (tertiary/aromatic N) is 2. The number of piperazine rings is 1. The fourth-order valence-electron chi connectivity index (χ4n) is 4.00. The van der Waals surface area contributed by atoms with Crippen molar-refractivity contribution >= 4 is 36.8 Å². The van der Waals surface area contributed by atoms with Crippen molar-refractivity contribution in [3.8, 4) is 5.75 Å². The van der Waals surface area contributed by atoms with E-state index in [1.807, 2.05) is 6.92 Å². The quantitative estimate of drug-likeness (QED) is 0.216. The third-order valence-electron chi connectivity index (χ3n) is 5.84. The van der Waals surface area contributed by atoms with Gasteiger partial charge in [-0.3, -0.25) is 19.3 Å². The van der Waals surface area contributed by atoms with Gasteiger partial charge in [0.15, 0.2) is 0 Å². The fourth-order valence-corrected chi connectivity index (χ4v) is 4.00. The summed E-state index contributed by atoms with van der Waals surface area (Å²) in [5.41, 5.74) is -0.556. The Bertz CT molecular complexity index is 1090. The van der Waals surface area contributed by atoms with Crippen LogP contribution in [0.15, 0.2) is 12.1 Å². The predicted molar refractivity (Wildman–Crippen MR) is 120 cm³/mol. The number of rotatable bonds is 7. The number of carbonyl (C=O) groups excluding carboxylic acids is 4. The molecule has 1 saturated heterocycles. The van der Waals surface area contributed by atoms with Gasteiger partial charge >= 0.3 is 30.9 Å². The van der Waals surface area contributed by atoms with Gasteiger partial charge in [0, 0.05) is 19.6 Å². The number of aromatic carboxylic acids is 1. The van der Waals surface area contributed by atoms with Crippen LogP contribution in [0.2, 0.25) is 0 Å². The first kappa shape index (κ1) is 26.9. The molecule has 0 aliphatic carbocycles. The molecule has 0 aromatic heterocycles. The fraction of sp³-hybridized carbons (Fsp3) is 0.476. The number of hydrogen-bond donors (Lipinski definition) is 5. The minimum absolute atomic E-state index is 0.0982. The standard InChI is InChI=1S/C21H26BFN4O9/c1-3-6-26-7-8-27(19(31)18(26)30)21(34)25-15(10(2)28)17(29)24-13-9-11-4-5-12(23)14(20(32)33)16(11)36-22(13)35/h4-5,10,13,15,28,35H,3,6-9H2,1-2H3,(H,24,29)(H,25,34)(H,32,33)/t10?,13-,15?/m0/s1. The lowest BCUT2D eigenvalue weighted by molar-refractivity contribution is -0.153. The van der Waals surface area contributed by atoms with Crippen molar-refractivity contribution < 1.29 is 48.3 Å². The van der Waals surface area contributed by atoms with E-state index >= 15 is 0 Å². The van der Waals surface area contributed by atoms with Crippen LogP contribution >= 0.6 is 0 Å². The number of halogens is 1. The summed E-state index contributed by atoms with van der Waals surface area (Å²) >= 11 is 0. The third-order valence-corrected chi connectivity index (χ3v) is 5.84. The van der Waals surface area contributed by atoms with Crippen LogP contribution in [-0.4, -0.2) is 99.6 Å². The smallest absolute Gasteiger partial charge is 0.534 e. The maximum Gasteiger partial charge on any atom is 0.547 e. The molecule has 194 valence electrons. The first-order valence-corrected chi connectivity index (χ1v) is 11.2. The van der Waals surface area contributed by atoms with E-state index in [-0.39, 0.29) is 30.8 Å². The Morgan fingerprint density at radius 2 is 1.94 bits per heavy atom. The predicted octanol–water partition coefficient (Wildman–Crippen LogP) is -1.50. The first-order chi connectivity index (χ1) is 17.0. The number of carboxylic acid groups (broad SMARTS) is 1. The summed E-state index contributed by atoms with van der Waals surface area (Å²) in [5.74, 6) is -7.03. The number of imide groups is 1. The molecule has 3 atom stereocenters. The molecule has 0 saturated carbocycles. The van der Waals surface area contributed by atoms with Crippen molar-refractivity contribution in [2.24, 2.45) is 0 Å². The van der Waals surface area contributed by atoms with Gasteiger partial charge in [-0.1, -0.05) is 13.0 Å². The molecule has 0 radical (unpaired) electrons. The summed E-state index contributed by atoms with van der Waals surface area (Å²) in [4.78, 5) is 63.4. The summed E-state index contributed by atoms with van der Waals surface area (Å²) in [6.45, 7) is 3.43. The first-order valence-electron chi connectivity index (χ1n) is 11.2. The minimum atomic E-state index is -1.77. The highest BCUT2D eigenvalue weighted by Gasteiger charge is 2.42. The van der Waals surface area contributed by atoms with Gasteiger partial charge in [0.1, 0.15) is 23.2 Å². The van der Waals surface area contributed by atoms with E-state index in [4.69, 9.17) is 4.65 Å². The molecule has 3 rings (SSSR count). The summed E-state index contributed by atoms with van der Waals surface area (Å²) in [6.07, 6.45) is -0.957. The molecule has 13 nitrogen and oxygen atoms in total. The highest BCUT2D eigenvalue weighted by Crippen LogP contribution is 2.32. The molecule has 1 aromatic carbocycles. The van der Waals surface area contributed by atoms with Crippen molar-refractivity contribution in [2.75, 3.05) is 19.6 Å². The van der Waals surface area contributed by atoms with Crippen LogP contribution in [0.25, 0.3) is 0 Å². The highest BCUT2D eigenvalue weighted by molar-refractivity contribution is 6.47. The SMILES string of the molecule is CCCN1CCN(C(=O)NC(C(=O)N[C@H]2Cc3ccc(F)c(C(=O)O)c3OB2O)C(C)O)C(=O)C1=O. The van der Waals surface area contributed by atoms with E-state index in [0.717, 1.165) is 6.07 Å². The number of nitrogens with one attached hydrogen (secondary N) is 2. The van der Waals surface area contributed by atoms with Crippen LogP contribution in [0, 0.1) is 5.82 Å². The van der Waals surface area contributed by atoms with Crippen molar-refractivity contribution in [1.29, 1.82) is 0 Å². The molecule has 5 amide bonds. The molecule has 2 unspecified atom stereocenters. The maximum absolute atomic E-state index is 13.9. The monoisotopic (exact) mass is 508 g/mol. The normalized spacial score (nSPS) is 19.2. The molecule has 0 spiro atoms. The molecule has 1 fully saturated rings.